The number of ether oxygens (including phenoxy) is 1. The second-order valence-electron chi connectivity index (χ2n) is 8.11. The zero-order valence-corrected chi connectivity index (χ0v) is 18.3. The Morgan fingerprint density at radius 1 is 1.09 bits per heavy atom. The second-order valence-corrected chi connectivity index (χ2v) is 8.55. The lowest BCUT2D eigenvalue weighted by molar-refractivity contribution is -0.150. The number of ketones is 1. The van der Waals surface area contributed by atoms with Crippen molar-refractivity contribution in [2.24, 2.45) is 5.41 Å². The van der Waals surface area contributed by atoms with Crippen LogP contribution >= 0.6 is 11.6 Å². The van der Waals surface area contributed by atoms with Crippen molar-refractivity contribution in [3.63, 3.8) is 0 Å². The van der Waals surface area contributed by atoms with E-state index in [1.54, 1.807) is 28.8 Å². The van der Waals surface area contributed by atoms with Crippen LogP contribution in [0.2, 0.25) is 5.02 Å². The molecule has 3 aromatic rings. The highest BCUT2D eigenvalue weighted by Gasteiger charge is 2.44. The summed E-state index contributed by atoms with van der Waals surface area (Å²) in [6.07, 6.45) is -5.34. The normalized spacial score (nSPS) is 12.2. The van der Waals surface area contributed by atoms with Gasteiger partial charge in [0.15, 0.2) is 0 Å². The van der Waals surface area contributed by atoms with Crippen LogP contribution in [0.1, 0.15) is 35.5 Å². The summed E-state index contributed by atoms with van der Waals surface area (Å²) in [5.74, 6) is -2.95. The van der Waals surface area contributed by atoms with Crippen molar-refractivity contribution in [2.45, 2.75) is 33.0 Å². The zero-order chi connectivity index (χ0) is 23.8. The summed E-state index contributed by atoms with van der Waals surface area (Å²) in [7, 11) is 1.19. The Balaban J connectivity index is 2.32. The van der Waals surface area contributed by atoms with Crippen LogP contribution in [0, 0.1) is 5.41 Å². The molecule has 1 aromatic heterocycles. The molecule has 3 rings (SSSR count). The molecule has 1 heterocycles. The molecule has 0 saturated heterocycles. The Bertz CT molecular complexity index is 1180. The molecule has 0 unspecified atom stereocenters. The molecule has 0 atom stereocenters. The minimum absolute atomic E-state index is 0.0262. The highest BCUT2D eigenvalue weighted by atomic mass is 35.5. The number of nitrogens with zero attached hydrogens (tertiary/aromatic N) is 1. The van der Waals surface area contributed by atoms with Gasteiger partial charge in [0.2, 0.25) is 0 Å². The number of phenols is 1. The summed E-state index contributed by atoms with van der Waals surface area (Å²) >= 11 is 5.94. The summed E-state index contributed by atoms with van der Waals surface area (Å²) in [5.41, 5.74) is -0.736. The number of halogens is 4. The smallest absolute Gasteiger partial charge is 0.454 e. The molecule has 0 bridgehead atoms. The number of hydrogen-bond acceptors (Lipinski definition) is 4. The van der Waals surface area contributed by atoms with Gasteiger partial charge in [0.1, 0.15) is 5.75 Å². The molecule has 5 nitrogen and oxygen atoms in total. The lowest BCUT2D eigenvalue weighted by Gasteiger charge is -2.23. The molecular formula is C23H21ClF3NO4. The Labute approximate surface area is 187 Å². The summed E-state index contributed by atoms with van der Waals surface area (Å²) in [5, 5.41) is 10.4. The zero-order valence-electron chi connectivity index (χ0n) is 17.6. The first-order chi connectivity index (χ1) is 14.8. The predicted octanol–water partition coefficient (Wildman–Crippen LogP) is 5.54. The monoisotopic (exact) mass is 467 g/mol. The first-order valence-electron chi connectivity index (χ1n) is 9.63. The van der Waals surface area contributed by atoms with Gasteiger partial charge < -0.3 is 14.4 Å². The van der Waals surface area contributed by atoms with Gasteiger partial charge in [-0.25, -0.2) is 0 Å². The highest BCUT2D eigenvalue weighted by molar-refractivity contribution is 6.30. The molecule has 0 amide bonds. The summed E-state index contributed by atoms with van der Waals surface area (Å²) in [6, 6.07) is 10.6. The van der Waals surface area contributed by atoms with Gasteiger partial charge in [-0.05, 0) is 49.7 Å². The van der Waals surface area contributed by atoms with E-state index in [4.69, 9.17) is 16.3 Å². The molecule has 0 aliphatic carbocycles. The number of aromatic nitrogens is 1. The number of carbonyl (C=O) groups is 2. The summed E-state index contributed by atoms with van der Waals surface area (Å²) in [6.45, 7) is 3.18. The quantitative estimate of drug-likeness (QED) is 0.382. The SMILES string of the molecule is COC(=O)C(C)(C)Cc1c(C(=O)C(F)(F)F)c2cc(O)ccc2n1Cc1ccc(Cl)cc1. The predicted molar refractivity (Wildman–Crippen MR) is 114 cm³/mol. The number of carbonyl (C=O) groups excluding carboxylic acids is 2. The number of hydrogen-bond donors (Lipinski definition) is 1. The number of methoxy groups -OCH3 is 1. The maximum Gasteiger partial charge on any atom is 0.454 e. The molecule has 0 aliphatic heterocycles. The third-order valence-electron chi connectivity index (χ3n) is 5.24. The van der Waals surface area contributed by atoms with E-state index in [0.717, 1.165) is 11.6 Å². The topological polar surface area (TPSA) is 68.5 Å². The van der Waals surface area contributed by atoms with Crippen LogP contribution in [0.15, 0.2) is 42.5 Å². The number of alkyl halides is 3. The molecule has 0 saturated carbocycles. The van der Waals surface area contributed by atoms with Crippen LogP contribution in [-0.2, 0) is 22.5 Å². The van der Waals surface area contributed by atoms with E-state index < -0.39 is 28.9 Å². The van der Waals surface area contributed by atoms with E-state index in [9.17, 15) is 27.9 Å². The largest absolute Gasteiger partial charge is 0.508 e. The number of esters is 1. The Kier molecular flexibility index (Phi) is 6.29. The van der Waals surface area contributed by atoms with Gasteiger partial charge >= 0.3 is 12.1 Å². The Morgan fingerprint density at radius 3 is 2.28 bits per heavy atom. The molecule has 32 heavy (non-hydrogen) atoms. The average Bonchev–Trinajstić information content (AvgIpc) is 2.99. The van der Waals surface area contributed by atoms with Crippen molar-refractivity contribution in [3.8, 4) is 5.75 Å². The van der Waals surface area contributed by atoms with Gasteiger partial charge in [0.05, 0.1) is 18.1 Å². The Morgan fingerprint density at radius 2 is 1.72 bits per heavy atom. The number of phenolic OH excluding ortho intramolecular Hbond substituents is 1. The maximum absolute atomic E-state index is 13.6. The summed E-state index contributed by atoms with van der Waals surface area (Å²) < 4.78 is 47.0. The van der Waals surface area contributed by atoms with Gasteiger partial charge in [-0.15, -0.1) is 0 Å². The van der Waals surface area contributed by atoms with Gasteiger partial charge in [-0.1, -0.05) is 23.7 Å². The standard InChI is InChI=1S/C23H21ClF3NO4/c1-22(2,21(31)32-3)11-18-19(20(30)23(25,26)27)16-10-15(29)8-9-17(16)28(18)12-13-4-6-14(24)7-5-13/h4-10,29H,11-12H2,1-3H3. The van der Waals surface area contributed by atoms with Gasteiger partial charge in [0.25, 0.3) is 5.78 Å². The van der Waals surface area contributed by atoms with Gasteiger partial charge in [-0.2, -0.15) is 13.2 Å². The van der Waals surface area contributed by atoms with Crippen molar-refractivity contribution < 1.29 is 32.6 Å². The molecule has 9 heteroatoms. The molecule has 0 spiro atoms. The molecule has 1 N–H and O–H groups in total. The fourth-order valence-corrected chi connectivity index (χ4v) is 3.82. The minimum atomic E-state index is -5.14. The molecule has 0 radical (unpaired) electrons. The fourth-order valence-electron chi connectivity index (χ4n) is 3.69. The first-order valence-corrected chi connectivity index (χ1v) is 10.0. The van der Waals surface area contributed by atoms with Gasteiger partial charge in [0, 0.05) is 34.6 Å². The van der Waals surface area contributed by atoms with Crippen molar-refractivity contribution in [1.29, 1.82) is 0 Å². The van der Waals surface area contributed by atoms with E-state index >= 15 is 0 Å². The molecule has 170 valence electrons. The average molecular weight is 468 g/mol. The summed E-state index contributed by atoms with van der Waals surface area (Å²) in [4.78, 5) is 24.8. The van der Waals surface area contributed by atoms with Crippen molar-refractivity contribution >= 4 is 34.3 Å². The number of rotatable bonds is 6. The van der Waals surface area contributed by atoms with Crippen molar-refractivity contribution in [3.05, 3.63) is 64.3 Å². The molecule has 2 aromatic carbocycles. The third-order valence-corrected chi connectivity index (χ3v) is 5.49. The number of aromatic hydroxyl groups is 1. The second kappa shape index (κ2) is 8.50. The van der Waals surface area contributed by atoms with Crippen molar-refractivity contribution in [2.75, 3.05) is 7.11 Å². The number of benzene rings is 2. The van der Waals surface area contributed by atoms with E-state index in [0.29, 0.717) is 10.5 Å². The van der Waals surface area contributed by atoms with Crippen LogP contribution in [0.25, 0.3) is 10.9 Å². The van der Waals surface area contributed by atoms with E-state index in [2.05, 4.69) is 0 Å². The fraction of sp³-hybridized carbons (Fsp3) is 0.304. The molecule has 0 aliphatic rings. The molecular weight excluding hydrogens is 447 g/mol. The van der Waals surface area contributed by atoms with Crippen LogP contribution in [0.4, 0.5) is 13.2 Å². The lowest BCUT2D eigenvalue weighted by atomic mass is 9.86. The van der Waals surface area contributed by atoms with Crippen LogP contribution in [0.5, 0.6) is 5.75 Å². The van der Waals surface area contributed by atoms with Crippen LogP contribution < -0.4 is 0 Å². The lowest BCUT2D eigenvalue weighted by Crippen LogP contribution is -2.31. The minimum Gasteiger partial charge on any atom is -0.508 e. The van der Waals surface area contributed by atoms with Crippen LogP contribution in [0.3, 0.4) is 0 Å². The third kappa shape index (κ3) is 4.60. The van der Waals surface area contributed by atoms with E-state index in [1.807, 2.05) is 0 Å². The maximum atomic E-state index is 13.6. The van der Waals surface area contributed by atoms with E-state index in [-0.39, 0.29) is 29.8 Å². The Hall–Kier alpha value is -3.00. The first kappa shape index (κ1) is 23.7. The van der Waals surface area contributed by atoms with E-state index in [1.165, 1.54) is 33.1 Å². The number of fused-ring (bicyclic) bond motifs is 1. The van der Waals surface area contributed by atoms with Crippen molar-refractivity contribution in [1.82, 2.24) is 4.57 Å². The van der Waals surface area contributed by atoms with Gasteiger partial charge in [-0.3, -0.25) is 9.59 Å². The molecule has 0 fully saturated rings. The number of Topliss-reactive ketones (excluding diaryl/α,β-unsaturated/α-hetero) is 1. The van der Waals surface area contributed by atoms with Crippen LogP contribution in [-0.4, -0.2) is 34.7 Å². The highest BCUT2D eigenvalue weighted by Crippen LogP contribution is 2.37.